The normalized spacial score (nSPS) is 17.2. The second-order valence-corrected chi connectivity index (χ2v) is 7.30. The van der Waals surface area contributed by atoms with E-state index in [2.05, 4.69) is 10.3 Å². The number of anilines is 1. The Morgan fingerprint density at radius 1 is 1.41 bits per heavy atom. The monoisotopic (exact) mass is 269 g/mol. The maximum atomic E-state index is 12.2. The fraction of sp³-hybridized carbons (Fsp3) is 0.300. The fourth-order valence-corrected chi connectivity index (χ4v) is 4.22. The third-order valence-corrected chi connectivity index (χ3v) is 5.86. The number of nitrogens with two attached hydrogens (primary N) is 1. The molecule has 0 aliphatic carbocycles. The Bertz CT molecular complexity index is 674. The highest BCUT2D eigenvalue weighted by Gasteiger charge is 2.32. The Kier molecular flexibility index (Phi) is 2.35. The van der Waals surface area contributed by atoms with Gasteiger partial charge in [-0.2, -0.15) is 0 Å². The number of rotatable bonds is 2. The maximum Gasteiger partial charge on any atom is 0.183 e. The van der Waals surface area contributed by atoms with Crippen LogP contribution in [0.2, 0.25) is 0 Å². The first-order chi connectivity index (χ1) is 8.07. The number of thiazole rings is 1. The number of nitrogen functional groups attached to an aromatic ring is 1. The van der Waals surface area contributed by atoms with Crippen molar-refractivity contribution in [3.63, 3.8) is 0 Å². The molecule has 3 rings (SSSR count). The molecule has 0 saturated carbocycles. The van der Waals surface area contributed by atoms with Crippen LogP contribution in [0.4, 0.5) is 5.13 Å². The van der Waals surface area contributed by atoms with E-state index in [1.807, 2.05) is 0 Å². The summed E-state index contributed by atoms with van der Waals surface area (Å²) in [6.07, 6.45) is 0. The van der Waals surface area contributed by atoms with Crippen molar-refractivity contribution < 1.29 is 8.42 Å². The first-order valence-electron chi connectivity index (χ1n) is 5.18. The molecule has 1 aliphatic rings. The quantitative estimate of drug-likeness (QED) is 0.835. The van der Waals surface area contributed by atoms with Gasteiger partial charge in [-0.05, 0) is 18.2 Å². The van der Waals surface area contributed by atoms with Crippen LogP contribution in [0, 0.1) is 0 Å². The minimum atomic E-state index is -3.21. The van der Waals surface area contributed by atoms with Gasteiger partial charge in [0.15, 0.2) is 15.0 Å². The Labute approximate surface area is 103 Å². The molecule has 1 saturated heterocycles. The summed E-state index contributed by atoms with van der Waals surface area (Å²) in [6.45, 7) is 1.07. The highest BCUT2D eigenvalue weighted by atomic mass is 32.2. The van der Waals surface area contributed by atoms with Gasteiger partial charge in [0.25, 0.3) is 0 Å². The van der Waals surface area contributed by atoms with Gasteiger partial charge in [0.2, 0.25) is 0 Å². The Balaban J connectivity index is 2.11. The number of hydrogen-bond acceptors (Lipinski definition) is 6. The van der Waals surface area contributed by atoms with E-state index in [1.54, 1.807) is 18.2 Å². The third-order valence-electron chi connectivity index (χ3n) is 2.89. The van der Waals surface area contributed by atoms with Gasteiger partial charge in [-0.1, -0.05) is 11.3 Å². The van der Waals surface area contributed by atoms with E-state index < -0.39 is 9.84 Å². The van der Waals surface area contributed by atoms with Crippen LogP contribution < -0.4 is 11.1 Å². The molecule has 90 valence electrons. The topological polar surface area (TPSA) is 85.1 Å². The van der Waals surface area contributed by atoms with Crippen LogP contribution in [-0.4, -0.2) is 31.7 Å². The smallest absolute Gasteiger partial charge is 0.183 e. The molecule has 1 aliphatic heterocycles. The molecule has 17 heavy (non-hydrogen) atoms. The van der Waals surface area contributed by atoms with Gasteiger partial charge in [0, 0.05) is 13.1 Å². The van der Waals surface area contributed by atoms with Crippen molar-refractivity contribution in [2.75, 3.05) is 18.8 Å². The Hall–Kier alpha value is -1.18. The summed E-state index contributed by atoms with van der Waals surface area (Å²) >= 11 is 1.31. The molecular formula is C10H11N3O2S2. The standard InChI is InChI=1S/C10H11N3O2S2/c11-10-13-8-2-1-6(3-9(8)16-10)17(14,15)7-4-12-5-7/h1-3,7,12H,4-5H2,(H2,11,13). The highest BCUT2D eigenvalue weighted by Crippen LogP contribution is 2.28. The van der Waals surface area contributed by atoms with Crippen LogP contribution in [0.5, 0.6) is 0 Å². The fourth-order valence-electron chi connectivity index (χ4n) is 1.77. The second kappa shape index (κ2) is 3.66. The van der Waals surface area contributed by atoms with Crippen molar-refractivity contribution in [1.82, 2.24) is 10.3 Å². The van der Waals surface area contributed by atoms with E-state index >= 15 is 0 Å². The van der Waals surface area contributed by atoms with E-state index in [0.29, 0.717) is 23.1 Å². The average molecular weight is 269 g/mol. The molecule has 0 unspecified atom stereocenters. The van der Waals surface area contributed by atoms with Gasteiger partial charge in [-0.25, -0.2) is 13.4 Å². The van der Waals surface area contributed by atoms with Gasteiger partial charge in [-0.3, -0.25) is 0 Å². The summed E-state index contributed by atoms with van der Waals surface area (Å²) < 4.78 is 25.2. The van der Waals surface area contributed by atoms with Crippen LogP contribution in [0.25, 0.3) is 10.2 Å². The van der Waals surface area contributed by atoms with Crippen molar-refractivity contribution in [2.45, 2.75) is 10.1 Å². The van der Waals surface area contributed by atoms with Crippen LogP contribution in [-0.2, 0) is 9.84 Å². The SMILES string of the molecule is Nc1nc2ccc(S(=O)(=O)C3CNC3)cc2s1. The molecule has 0 amide bonds. The zero-order valence-corrected chi connectivity index (χ0v) is 10.5. The first kappa shape index (κ1) is 10.9. The van der Waals surface area contributed by atoms with E-state index in [-0.39, 0.29) is 5.25 Å². The molecular weight excluding hydrogens is 258 g/mol. The lowest BCUT2D eigenvalue weighted by molar-refractivity contribution is 0.495. The highest BCUT2D eigenvalue weighted by molar-refractivity contribution is 7.92. The molecule has 3 N–H and O–H groups in total. The number of nitrogens with one attached hydrogen (secondary N) is 1. The predicted molar refractivity (Wildman–Crippen MR) is 67.9 cm³/mol. The van der Waals surface area contributed by atoms with Gasteiger partial charge in [0.1, 0.15) is 0 Å². The van der Waals surface area contributed by atoms with Crippen molar-refractivity contribution >= 4 is 36.5 Å². The summed E-state index contributed by atoms with van der Waals surface area (Å²) in [6, 6.07) is 4.98. The molecule has 2 heterocycles. The largest absolute Gasteiger partial charge is 0.375 e. The Morgan fingerprint density at radius 2 is 2.18 bits per heavy atom. The molecule has 0 radical (unpaired) electrons. The number of hydrogen-bond donors (Lipinski definition) is 2. The lowest BCUT2D eigenvalue weighted by Gasteiger charge is -2.26. The zero-order valence-electron chi connectivity index (χ0n) is 8.88. The van der Waals surface area contributed by atoms with Crippen LogP contribution in [0.15, 0.2) is 23.1 Å². The summed E-state index contributed by atoms with van der Waals surface area (Å²) in [7, 11) is -3.21. The number of aromatic nitrogens is 1. The summed E-state index contributed by atoms with van der Waals surface area (Å²) in [5.74, 6) is 0. The van der Waals surface area contributed by atoms with Crippen LogP contribution in [0.3, 0.4) is 0 Å². The van der Waals surface area contributed by atoms with Gasteiger partial charge in [-0.15, -0.1) is 0 Å². The summed E-state index contributed by atoms with van der Waals surface area (Å²) in [4.78, 5) is 4.47. The molecule has 0 atom stereocenters. The van der Waals surface area contributed by atoms with E-state index in [4.69, 9.17) is 5.73 Å². The number of nitrogens with zero attached hydrogens (tertiary/aromatic N) is 1. The first-order valence-corrected chi connectivity index (χ1v) is 7.54. The molecule has 1 aromatic carbocycles. The summed E-state index contributed by atoms with van der Waals surface area (Å²) in [5.41, 5.74) is 6.34. The van der Waals surface area contributed by atoms with Crippen molar-refractivity contribution in [2.24, 2.45) is 0 Å². The molecule has 1 aromatic heterocycles. The Morgan fingerprint density at radius 3 is 2.82 bits per heavy atom. The number of fused-ring (bicyclic) bond motifs is 1. The molecule has 7 heteroatoms. The molecule has 1 fully saturated rings. The van der Waals surface area contributed by atoms with Crippen molar-refractivity contribution in [3.05, 3.63) is 18.2 Å². The molecule has 5 nitrogen and oxygen atoms in total. The zero-order chi connectivity index (χ0) is 12.0. The van der Waals surface area contributed by atoms with Crippen molar-refractivity contribution in [1.29, 1.82) is 0 Å². The molecule has 0 bridgehead atoms. The number of sulfone groups is 1. The van der Waals surface area contributed by atoms with Crippen molar-refractivity contribution in [3.8, 4) is 0 Å². The lowest BCUT2D eigenvalue weighted by Crippen LogP contribution is -2.51. The molecule has 0 spiro atoms. The predicted octanol–water partition coefficient (Wildman–Crippen LogP) is 0.624. The van der Waals surface area contributed by atoms with E-state index in [1.165, 1.54) is 11.3 Å². The van der Waals surface area contributed by atoms with Gasteiger partial charge in [0.05, 0.1) is 20.4 Å². The van der Waals surface area contributed by atoms with Crippen LogP contribution >= 0.6 is 11.3 Å². The van der Waals surface area contributed by atoms with E-state index in [0.717, 1.165) is 10.2 Å². The minimum Gasteiger partial charge on any atom is -0.375 e. The average Bonchev–Trinajstić information content (AvgIpc) is 2.52. The number of benzene rings is 1. The second-order valence-electron chi connectivity index (χ2n) is 4.01. The molecule has 2 aromatic rings. The maximum absolute atomic E-state index is 12.2. The third kappa shape index (κ3) is 1.70. The van der Waals surface area contributed by atoms with Gasteiger partial charge < -0.3 is 11.1 Å². The van der Waals surface area contributed by atoms with Gasteiger partial charge >= 0.3 is 0 Å². The van der Waals surface area contributed by atoms with Crippen LogP contribution in [0.1, 0.15) is 0 Å². The lowest BCUT2D eigenvalue weighted by atomic mass is 10.3. The van der Waals surface area contributed by atoms with E-state index in [9.17, 15) is 8.42 Å². The summed E-state index contributed by atoms with van der Waals surface area (Å²) in [5, 5.41) is 3.13. The minimum absolute atomic E-state index is 0.301.